The second kappa shape index (κ2) is 10.2. The Labute approximate surface area is 177 Å². The van der Waals surface area contributed by atoms with Crippen LogP contribution >= 0.6 is 15.9 Å². The third kappa shape index (κ3) is 6.18. The first-order chi connectivity index (χ1) is 13.5. The number of carbonyl (C=O) groups is 1. The summed E-state index contributed by atoms with van der Waals surface area (Å²) in [6.45, 7) is 7.34. The van der Waals surface area contributed by atoms with Crippen LogP contribution in [-0.4, -0.2) is 23.9 Å². The highest BCUT2D eigenvalue weighted by Gasteiger charge is 2.27. The molecule has 2 aromatic rings. The summed E-state index contributed by atoms with van der Waals surface area (Å²) in [4.78, 5) is 15.4. The molecule has 28 heavy (non-hydrogen) atoms. The van der Waals surface area contributed by atoms with E-state index >= 15 is 0 Å². The second-order valence-corrected chi connectivity index (χ2v) is 9.19. The first-order valence-electron chi connectivity index (χ1n) is 10.3. The van der Waals surface area contributed by atoms with Crippen LogP contribution in [0.15, 0.2) is 59.1 Å². The van der Waals surface area contributed by atoms with Crippen LogP contribution in [0.25, 0.3) is 0 Å². The number of hydrogen-bond acceptors (Lipinski definition) is 2. The summed E-state index contributed by atoms with van der Waals surface area (Å²) < 4.78 is 1.11. The van der Waals surface area contributed by atoms with Crippen LogP contribution in [0.4, 0.5) is 0 Å². The number of nitrogens with zero attached hydrogens (tertiary/aromatic N) is 1. The summed E-state index contributed by atoms with van der Waals surface area (Å²) in [5.41, 5.74) is 2.53. The van der Waals surface area contributed by atoms with Gasteiger partial charge in [-0.25, -0.2) is 0 Å². The maximum Gasteiger partial charge on any atom is 0.223 e. The maximum atomic E-state index is 12.9. The molecule has 1 aliphatic heterocycles. The molecule has 0 aliphatic carbocycles. The minimum Gasteiger partial charge on any atom is -0.349 e. The zero-order chi connectivity index (χ0) is 19.9. The quantitative estimate of drug-likeness (QED) is 0.607. The van der Waals surface area contributed by atoms with Gasteiger partial charge in [-0.2, -0.15) is 0 Å². The predicted molar refractivity (Wildman–Crippen MR) is 119 cm³/mol. The smallest absolute Gasteiger partial charge is 0.223 e. The zero-order valence-electron chi connectivity index (χ0n) is 16.9. The third-order valence-corrected chi connectivity index (χ3v) is 6.03. The Morgan fingerprint density at radius 2 is 1.71 bits per heavy atom. The van der Waals surface area contributed by atoms with E-state index in [0.29, 0.717) is 5.92 Å². The zero-order valence-corrected chi connectivity index (χ0v) is 18.5. The standard InChI is InChI=1S/C24H31BrN2O/c1-18(2)16-23(20-6-4-3-5-7-20)26-24(28)21-12-14-27(15-13-21)17-19-8-10-22(25)11-9-19/h3-11,18,21,23H,12-17H2,1-2H3,(H,26,28)/t23-/m1/s1. The highest BCUT2D eigenvalue weighted by Crippen LogP contribution is 2.24. The van der Waals surface area contributed by atoms with Crippen molar-refractivity contribution in [1.82, 2.24) is 10.2 Å². The molecule has 0 aromatic heterocycles. The Balaban J connectivity index is 1.52. The maximum absolute atomic E-state index is 12.9. The summed E-state index contributed by atoms with van der Waals surface area (Å²) in [6, 6.07) is 19.0. The molecule has 0 spiro atoms. The van der Waals surface area contributed by atoms with Crippen molar-refractivity contribution in [2.24, 2.45) is 11.8 Å². The van der Waals surface area contributed by atoms with Gasteiger partial charge in [0.15, 0.2) is 0 Å². The fraction of sp³-hybridized carbons (Fsp3) is 0.458. The lowest BCUT2D eigenvalue weighted by Crippen LogP contribution is -2.41. The third-order valence-electron chi connectivity index (χ3n) is 5.50. The van der Waals surface area contributed by atoms with E-state index in [-0.39, 0.29) is 17.9 Å². The fourth-order valence-corrected chi connectivity index (χ4v) is 4.19. The van der Waals surface area contributed by atoms with Gasteiger partial charge in [-0.15, -0.1) is 0 Å². The van der Waals surface area contributed by atoms with Crippen molar-refractivity contribution in [3.8, 4) is 0 Å². The minimum absolute atomic E-state index is 0.106. The van der Waals surface area contributed by atoms with Crippen LogP contribution < -0.4 is 5.32 Å². The molecule has 1 fully saturated rings. The van der Waals surface area contributed by atoms with E-state index in [2.05, 4.69) is 88.5 Å². The van der Waals surface area contributed by atoms with Crippen molar-refractivity contribution in [1.29, 1.82) is 0 Å². The normalized spacial score (nSPS) is 16.9. The molecule has 1 atom stereocenters. The monoisotopic (exact) mass is 442 g/mol. The van der Waals surface area contributed by atoms with Crippen molar-refractivity contribution >= 4 is 21.8 Å². The average molecular weight is 443 g/mol. The van der Waals surface area contributed by atoms with Crippen molar-refractivity contribution in [3.05, 3.63) is 70.2 Å². The molecule has 1 saturated heterocycles. The molecular weight excluding hydrogens is 412 g/mol. The van der Waals surface area contributed by atoms with Crippen LogP contribution in [0.3, 0.4) is 0 Å². The van der Waals surface area contributed by atoms with Gasteiger partial charge in [-0.05, 0) is 61.5 Å². The second-order valence-electron chi connectivity index (χ2n) is 8.28. The van der Waals surface area contributed by atoms with Crippen LogP contribution in [0.1, 0.15) is 50.3 Å². The Morgan fingerprint density at radius 1 is 1.07 bits per heavy atom. The summed E-state index contributed by atoms with van der Waals surface area (Å²) in [7, 11) is 0. The number of benzene rings is 2. The van der Waals surface area contributed by atoms with Crippen molar-refractivity contribution in [3.63, 3.8) is 0 Å². The largest absolute Gasteiger partial charge is 0.349 e. The van der Waals surface area contributed by atoms with Crippen LogP contribution in [0, 0.1) is 11.8 Å². The molecule has 1 aliphatic rings. The molecule has 1 amide bonds. The highest BCUT2D eigenvalue weighted by atomic mass is 79.9. The molecule has 0 radical (unpaired) electrons. The molecule has 3 rings (SSSR count). The lowest BCUT2D eigenvalue weighted by atomic mass is 9.93. The lowest BCUT2D eigenvalue weighted by Gasteiger charge is -2.32. The molecule has 150 valence electrons. The van der Waals surface area contributed by atoms with E-state index in [9.17, 15) is 4.79 Å². The number of piperidine rings is 1. The molecule has 0 bridgehead atoms. The summed E-state index contributed by atoms with van der Waals surface area (Å²) in [5.74, 6) is 0.885. The summed E-state index contributed by atoms with van der Waals surface area (Å²) in [6.07, 6.45) is 2.84. The van der Waals surface area contributed by atoms with E-state index in [0.717, 1.165) is 43.4 Å². The van der Waals surface area contributed by atoms with Crippen LogP contribution in [0.2, 0.25) is 0 Å². The van der Waals surface area contributed by atoms with Gasteiger partial charge in [0.05, 0.1) is 6.04 Å². The van der Waals surface area contributed by atoms with E-state index in [4.69, 9.17) is 0 Å². The Bertz CT molecular complexity index is 737. The highest BCUT2D eigenvalue weighted by molar-refractivity contribution is 9.10. The topological polar surface area (TPSA) is 32.3 Å². The number of halogens is 1. The van der Waals surface area contributed by atoms with E-state index in [1.54, 1.807) is 0 Å². The van der Waals surface area contributed by atoms with E-state index in [1.807, 2.05) is 6.07 Å². The SMILES string of the molecule is CC(C)C[C@@H](NC(=O)C1CCN(Cc2ccc(Br)cc2)CC1)c1ccccc1. The van der Waals surface area contributed by atoms with Gasteiger partial charge in [-0.3, -0.25) is 9.69 Å². The van der Waals surface area contributed by atoms with Crippen molar-refractivity contribution in [2.45, 2.75) is 45.7 Å². The number of carbonyl (C=O) groups excluding carboxylic acids is 1. The summed E-state index contributed by atoms with van der Waals surface area (Å²) >= 11 is 3.49. The number of nitrogens with one attached hydrogen (secondary N) is 1. The van der Waals surface area contributed by atoms with Gasteiger partial charge in [-0.1, -0.05) is 72.2 Å². The molecular formula is C24H31BrN2O. The number of rotatable bonds is 7. The van der Waals surface area contributed by atoms with Gasteiger partial charge in [0.25, 0.3) is 0 Å². The Morgan fingerprint density at radius 3 is 2.32 bits per heavy atom. The molecule has 1 heterocycles. The predicted octanol–water partition coefficient (Wildman–Crippen LogP) is 5.56. The number of amides is 1. The van der Waals surface area contributed by atoms with Crippen LogP contribution in [0.5, 0.6) is 0 Å². The minimum atomic E-state index is 0.106. The molecule has 3 nitrogen and oxygen atoms in total. The molecule has 1 N–H and O–H groups in total. The van der Waals surface area contributed by atoms with Crippen molar-refractivity contribution in [2.75, 3.05) is 13.1 Å². The number of likely N-dealkylation sites (tertiary alicyclic amines) is 1. The lowest BCUT2D eigenvalue weighted by molar-refractivity contribution is -0.127. The first-order valence-corrected chi connectivity index (χ1v) is 11.1. The van der Waals surface area contributed by atoms with E-state index in [1.165, 1.54) is 11.1 Å². The van der Waals surface area contributed by atoms with Gasteiger partial charge in [0, 0.05) is 16.9 Å². The molecule has 2 aromatic carbocycles. The Kier molecular flexibility index (Phi) is 7.69. The van der Waals surface area contributed by atoms with E-state index < -0.39 is 0 Å². The number of hydrogen-bond donors (Lipinski definition) is 1. The Hall–Kier alpha value is -1.65. The van der Waals surface area contributed by atoms with Gasteiger partial charge >= 0.3 is 0 Å². The van der Waals surface area contributed by atoms with Crippen molar-refractivity contribution < 1.29 is 4.79 Å². The van der Waals surface area contributed by atoms with Gasteiger partial charge < -0.3 is 5.32 Å². The average Bonchev–Trinajstić information content (AvgIpc) is 2.70. The van der Waals surface area contributed by atoms with Gasteiger partial charge in [0.2, 0.25) is 5.91 Å². The molecule has 0 unspecified atom stereocenters. The summed E-state index contributed by atoms with van der Waals surface area (Å²) in [5, 5.41) is 3.34. The van der Waals surface area contributed by atoms with Crippen LogP contribution in [-0.2, 0) is 11.3 Å². The first kappa shape index (κ1) is 21.1. The molecule has 4 heteroatoms. The van der Waals surface area contributed by atoms with Gasteiger partial charge in [0.1, 0.15) is 0 Å². The fourth-order valence-electron chi connectivity index (χ4n) is 3.93. The molecule has 0 saturated carbocycles.